The minimum atomic E-state index is -0.171. The molecule has 0 aromatic heterocycles. The zero-order valence-electron chi connectivity index (χ0n) is 13.4. The van der Waals surface area contributed by atoms with Crippen LogP contribution < -0.4 is 15.4 Å². The molecule has 22 heavy (non-hydrogen) atoms. The monoisotopic (exact) mass is 302 g/mol. The Hall–Kier alpha value is -1.55. The van der Waals surface area contributed by atoms with Gasteiger partial charge < -0.3 is 15.4 Å². The van der Waals surface area contributed by atoms with Crippen LogP contribution in [0.25, 0.3) is 0 Å². The Kier molecular flexibility index (Phi) is 4.67. The van der Waals surface area contributed by atoms with Crippen LogP contribution in [-0.4, -0.2) is 25.6 Å². The number of carbonyl (C=O) groups excluding carboxylic acids is 1. The summed E-state index contributed by atoms with van der Waals surface area (Å²) in [5.74, 6) is 1.60. The minimum absolute atomic E-state index is 0.171. The molecular weight excluding hydrogens is 276 g/mol. The Labute approximate surface area is 132 Å². The topological polar surface area (TPSA) is 50.4 Å². The number of hydrogen-bond acceptors (Lipinski definition) is 3. The minimum Gasteiger partial charge on any atom is -0.494 e. The van der Waals surface area contributed by atoms with Gasteiger partial charge in [-0.2, -0.15) is 0 Å². The predicted molar refractivity (Wildman–Crippen MR) is 86.7 cm³/mol. The molecule has 4 heteroatoms. The van der Waals surface area contributed by atoms with Crippen LogP contribution in [0.2, 0.25) is 0 Å². The maximum atomic E-state index is 12.8. The molecule has 1 aliphatic heterocycles. The molecule has 4 nitrogen and oxygen atoms in total. The molecule has 1 saturated carbocycles. The van der Waals surface area contributed by atoms with E-state index in [0.717, 1.165) is 30.8 Å². The summed E-state index contributed by atoms with van der Waals surface area (Å²) in [6.45, 7) is 5.04. The lowest BCUT2D eigenvalue weighted by molar-refractivity contribution is -0.134. The van der Waals surface area contributed by atoms with Crippen molar-refractivity contribution in [3.8, 4) is 5.75 Å². The van der Waals surface area contributed by atoms with Crippen molar-refractivity contribution in [2.24, 2.45) is 11.3 Å². The van der Waals surface area contributed by atoms with Gasteiger partial charge in [-0.25, -0.2) is 0 Å². The highest BCUT2D eigenvalue weighted by Gasteiger charge is 2.49. The number of nitrogens with one attached hydrogen (secondary N) is 2. The van der Waals surface area contributed by atoms with Crippen LogP contribution in [0.15, 0.2) is 24.3 Å². The normalized spacial score (nSPS) is 27.2. The van der Waals surface area contributed by atoms with Gasteiger partial charge in [-0.05, 0) is 49.9 Å². The molecule has 1 saturated heterocycles. The van der Waals surface area contributed by atoms with Gasteiger partial charge in [0.15, 0.2) is 0 Å². The summed E-state index contributed by atoms with van der Waals surface area (Å²) in [5.41, 5.74) is 0.921. The van der Waals surface area contributed by atoms with Gasteiger partial charge in [0.2, 0.25) is 5.91 Å². The van der Waals surface area contributed by atoms with Gasteiger partial charge in [0.05, 0.1) is 12.0 Å². The number of rotatable bonds is 5. The number of ether oxygens (including phenoxy) is 1. The first-order valence-corrected chi connectivity index (χ1v) is 8.45. The number of amides is 1. The largest absolute Gasteiger partial charge is 0.494 e. The summed E-state index contributed by atoms with van der Waals surface area (Å²) in [7, 11) is 0. The van der Waals surface area contributed by atoms with Gasteiger partial charge in [-0.15, -0.1) is 0 Å². The molecule has 2 atom stereocenters. The van der Waals surface area contributed by atoms with Crippen molar-refractivity contribution in [1.82, 2.24) is 10.6 Å². The number of fused-ring (bicyclic) bond motifs is 1. The Morgan fingerprint density at radius 3 is 3.23 bits per heavy atom. The quantitative estimate of drug-likeness (QED) is 0.878. The van der Waals surface area contributed by atoms with Crippen LogP contribution in [0.4, 0.5) is 0 Å². The molecule has 1 amide bonds. The Bertz CT molecular complexity index is 532. The average Bonchev–Trinajstić information content (AvgIpc) is 2.98. The molecule has 0 spiro atoms. The standard InChI is InChI=1S/C18H26N2O2/c1-2-22-16-8-5-6-14(10-16)11-20-17(21)18-9-4-3-7-15(18)12-19-13-18/h5-6,8,10,15,19H,2-4,7,9,11-13H2,1H3,(H,20,21)/t15-,18+/m0/s1. The third-order valence-corrected chi connectivity index (χ3v) is 5.15. The molecular formula is C18H26N2O2. The second-order valence-corrected chi connectivity index (χ2v) is 6.49. The lowest BCUT2D eigenvalue weighted by Crippen LogP contribution is -2.47. The Morgan fingerprint density at radius 2 is 2.36 bits per heavy atom. The van der Waals surface area contributed by atoms with E-state index in [1.54, 1.807) is 0 Å². The fraction of sp³-hybridized carbons (Fsp3) is 0.611. The fourth-order valence-electron chi connectivity index (χ4n) is 3.96. The van der Waals surface area contributed by atoms with Gasteiger partial charge in [0.1, 0.15) is 5.75 Å². The first kappa shape index (κ1) is 15.3. The second kappa shape index (κ2) is 6.69. The predicted octanol–water partition coefficient (Wildman–Crippen LogP) is 2.48. The van der Waals surface area contributed by atoms with Gasteiger partial charge in [0.25, 0.3) is 0 Å². The van der Waals surface area contributed by atoms with E-state index in [-0.39, 0.29) is 11.3 Å². The van der Waals surface area contributed by atoms with Gasteiger partial charge >= 0.3 is 0 Å². The van der Waals surface area contributed by atoms with Crippen molar-refractivity contribution >= 4 is 5.91 Å². The van der Waals surface area contributed by atoms with Crippen molar-refractivity contribution in [1.29, 1.82) is 0 Å². The van der Waals surface area contributed by atoms with E-state index in [4.69, 9.17) is 4.74 Å². The lowest BCUT2D eigenvalue weighted by Gasteiger charge is -2.37. The summed E-state index contributed by atoms with van der Waals surface area (Å²) in [6, 6.07) is 7.97. The highest BCUT2D eigenvalue weighted by molar-refractivity contribution is 5.83. The van der Waals surface area contributed by atoms with E-state index >= 15 is 0 Å². The molecule has 3 rings (SSSR count). The molecule has 2 aliphatic rings. The Balaban J connectivity index is 1.63. The second-order valence-electron chi connectivity index (χ2n) is 6.49. The maximum absolute atomic E-state index is 12.8. The fourth-order valence-corrected chi connectivity index (χ4v) is 3.96. The molecule has 0 unspecified atom stereocenters. The van der Waals surface area contributed by atoms with Crippen molar-refractivity contribution in [2.45, 2.75) is 39.2 Å². The Morgan fingerprint density at radius 1 is 1.45 bits per heavy atom. The van der Waals surface area contributed by atoms with E-state index < -0.39 is 0 Å². The summed E-state index contributed by atoms with van der Waals surface area (Å²) in [5, 5.41) is 6.59. The molecule has 0 bridgehead atoms. The highest BCUT2D eigenvalue weighted by atomic mass is 16.5. The summed E-state index contributed by atoms with van der Waals surface area (Å²) < 4.78 is 5.51. The van der Waals surface area contributed by atoms with Gasteiger partial charge in [0, 0.05) is 13.1 Å². The van der Waals surface area contributed by atoms with E-state index in [9.17, 15) is 4.79 Å². The van der Waals surface area contributed by atoms with Crippen molar-refractivity contribution in [2.75, 3.05) is 19.7 Å². The molecule has 2 N–H and O–H groups in total. The van der Waals surface area contributed by atoms with Crippen molar-refractivity contribution < 1.29 is 9.53 Å². The molecule has 0 radical (unpaired) electrons. The zero-order valence-corrected chi connectivity index (χ0v) is 13.4. The van der Waals surface area contributed by atoms with Crippen molar-refractivity contribution in [3.05, 3.63) is 29.8 Å². The van der Waals surface area contributed by atoms with E-state index in [2.05, 4.69) is 10.6 Å². The van der Waals surface area contributed by atoms with Crippen LogP contribution in [0.1, 0.15) is 38.2 Å². The van der Waals surface area contributed by atoms with E-state index in [0.29, 0.717) is 19.1 Å². The van der Waals surface area contributed by atoms with Crippen LogP contribution in [0, 0.1) is 11.3 Å². The average molecular weight is 302 g/mol. The molecule has 1 aromatic carbocycles. The summed E-state index contributed by atoms with van der Waals surface area (Å²) >= 11 is 0. The third-order valence-electron chi connectivity index (χ3n) is 5.15. The van der Waals surface area contributed by atoms with Crippen molar-refractivity contribution in [3.63, 3.8) is 0 Å². The molecule has 1 aromatic rings. The lowest BCUT2D eigenvalue weighted by atomic mass is 9.67. The van der Waals surface area contributed by atoms with Crippen LogP contribution >= 0.6 is 0 Å². The number of carbonyl (C=O) groups is 1. The SMILES string of the molecule is CCOc1cccc(CNC(=O)[C@@]23CCCC[C@H]2CNC3)c1. The molecule has 120 valence electrons. The first-order valence-electron chi connectivity index (χ1n) is 8.45. The molecule has 2 fully saturated rings. The molecule has 1 aliphatic carbocycles. The van der Waals surface area contributed by atoms with Gasteiger partial charge in [-0.1, -0.05) is 25.0 Å². The van der Waals surface area contributed by atoms with Crippen LogP contribution in [0.5, 0.6) is 5.75 Å². The smallest absolute Gasteiger partial charge is 0.228 e. The van der Waals surface area contributed by atoms with E-state index in [1.165, 1.54) is 19.3 Å². The van der Waals surface area contributed by atoms with Gasteiger partial charge in [-0.3, -0.25) is 4.79 Å². The summed E-state index contributed by atoms with van der Waals surface area (Å²) in [4.78, 5) is 12.8. The summed E-state index contributed by atoms with van der Waals surface area (Å²) in [6.07, 6.45) is 4.64. The number of benzene rings is 1. The molecule has 1 heterocycles. The number of hydrogen-bond donors (Lipinski definition) is 2. The third kappa shape index (κ3) is 2.98. The maximum Gasteiger partial charge on any atom is 0.228 e. The zero-order chi connectivity index (χ0) is 15.4. The highest BCUT2D eigenvalue weighted by Crippen LogP contribution is 2.43. The van der Waals surface area contributed by atoms with E-state index in [1.807, 2.05) is 31.2 Å². The first-order chi connectivity index (χ1) is 10.7. The van der Waals surface area contributed by atoms with Crippen LogP contribution in [0.3, 0.4) is 0 Å². The van der Waals surface area contributed by atoms with Crippen LogP contribution in [-0.2, 0) is 11.3 Å².